The average molecular weight is 489 g/mol. The van der Waals surface area contributed by atoms with Gasteiger partial charge in [-0.3, -0.25) is 9.59 Å². The number of hydrogen-bond acceptors (Lipinski definition) is 6. The maximum atomic E-state index is 13.0. The zero-order valence-electron chi connectivity index (χ0n) is 20.1. The van der Waals surface area contributed by atoms with Crippen LogP contribution in [0, 0.1) is 0 Å². The third kappa shape index (κ3) is 5.57. The number of ether oxygens (including phenoxy) is 1. The second-order valence-corrected chi connectivity index (χ2v) is 9.99. The molecule has 34 heavy (non-hydrogen) atoms. The minimum Gasteiger partial charge on any atom is -0.495 e. The van der Waals surface area contributed by atoms with E-state index in [1.54, 1.807) is 38.1 Å². The van der Waals surface area contributed by atoms with Crippen molar-refractivity contribution in [3.8, 4) is 5.75 Å². The lowest BCUT2D eigenvalue weighted by Gasteiger charge is -2.32. The van der Waals surface area contributed by atoms with Gasteiger partial charge in [0.25, 0.3) is 11.8 Å². The Morgan fingerprint density at radius 1 is 0.971 bits per heavy atom. The first-order valence-electron chi connectivity index (χ1n) is 11.3. The molecule has 0 aliphatic carbocycles. The first kappa shape index (κ1) is 25.7. The van der Waals surface area contributed by atoms with Gasteiger partial charge in [0.2, 0.25) is 10.0 Å². The predicted octanol–water partition coefficient (Wildman–Crippen LogP) is 2.37. The van der Waals surface area contributed by atoms with Crippen molar-refractivity contribution in [3.05, 3.63) is 53.6 Å². The number of carbonyl (C=O) groups excluding carboxylic acids is 2. The molecule has 1 heterocycles. The molecular weight excluding hydrogens is 456 g/mol. The van der Waals surface area contributed by atoms with Crippen molar-refractivity contribution in [2.24, 2.45) is 0 Å². The Morgan fingerprint density at radius 2 is 1.56 bits per heavy atom. The monoisotopic (exact) mass is 488 g/mol. The molecule has 0 radical (unpaired) electrons. The first-order valence-corrected chi connectivity index (χ1v) is 12.7. The number of anilines is 1. The minimum absolute atomic E-state index is 0.0348. The van der Waals surface area contributed by atoms with Gasteiger partial charge in [-0.05, 0) is 49.5 Å². The third-order valence-electron chi connectivity index (χ3n) is 5.93. The highest BCUT2D eigenvalue weighted by molar-refractivity contribution is 7.89. The average Bonchev–Trinajstić information content (AvgIpc) is 2.84. The van der Waals surface area contributed by atoms with Crippen LogP contribution in [0.3, 0.4) is 0 Å². The Morgan fingerprint density at radius 3 is 2.12 bits per heavy atom. The zero-order chi connectivity index (χ0) is 24.9. The van der Waals surface area contributed by atoms with E-state index in [1.807, 2.05) is 11.9 Å². The topological polar surface area (TPSA) is 99.3 Å². The zero-order valence-corrected chi connectivity index (χ0v) is 20.9. The van der Waals surface area contributed by atoms with Crippen LogP contribution < -0.4 is 10.1 Å². The number of likely N-dealkylation sites (N-methyl/N-ethyl adjacent to an activating group) is 1. The van der Waals surface area contributed by atoms with Crippen LogP contribution in [0.25, 0.3) is 0 Å². The van der Waals surface area contributed by atoms with Gasteiger partial charge in [-0.25, -0.2) is 8.42 Å². The number of nitrogens with zero attached hydrogens (tertiary/aromatic N) is 3. The highest BCUT2D eigenvalue weighted by Gasteiger charge is 2.27. The maximum absolute atomic E-state index is 13.0. The van der Waals surface area contributed by atoms with Gasteiger partial charge in [0, 0.05) is 56.1 Å². The van der Waals surface area contributed by atoms with Crippen molar-refractivity contribution in [2.75, 3.05) is 58.7 Å². The number of rotatable bonds is 8. The molecule has 184 valence electrons. The van der Waals surface area contributed by atoms with Crippen molar-refractivity contribution < 1.29 is 22.7 Å². The van der Waals surface area contributed by atoms with Gasteiger partial charge in [-0.1, -0.05) is 13.8 Å². The number of amides is 2. The molecule has 9 nitrogen and oxygen atoms in total. The van der Waals surface area contributed by atoms with E-state index >= 15 is 0 Å². The highest BCUT2D eigenvalue weighted by Crippen LogP contribution is 2.28. The van der Waals surface area contributed by atoms with Gasteiger partial charge < -0.3 is 19.9 Å². The second-order valence-electron chi connectivity index (χ2n) is 8.08. The van der Waals surface area contributed by atoms with Gasteiger partial charge in [0.15, 0.2) is 0 Å². The number of hydrogen-bond donors (Lipinski definition) is 1. The van der Waals surface area contributed by atoms with Gasteiger partial charge >= 0.3 is 0 Å². The molecule has 1 aliphatic rings. The van der Waals surface area contributed by atoms with Gasteiger partial charge in [0.1, 0.15) is 10.6 Å². The summed E-state index contributed by atoms with van der Waals surface area (Å²) in [5.41, 5.74) is 1.24. The summed E-state index contributed by atoms with van der Waals surface area (Å²) in [5.74, 6) is -0.320. The summed E-state index contributed by atoms with van der Waals surface area (Å²) in [6.07, 6.45) is 0. The number of benzene rings is 2. The summed E-state index contributed by atoms with van der Waals surface area (Å²) in [7, 11) is -0.397. The van der Waals surface area contributed by atoms with Crippen LogP contribution >= 0.6 is 0 Å². The van der Waals surface area contributed by atoms with E-state index in [1.165, 1.54) is 29.6 Å². The molecule has 1 saturated heterocycles. The Hall–Kier alpha value is -2.95. The molecule has 2 aromatic rings. The molecule has 3 rings (SSSR count). The van der Waals surface area contributed by atoms with Crippen LogP contribution in [0.2, 0.25) is 0 Å². The van der Waals surface area contributed by atoms with Crippen LogP contribution in [-0.2, 0) is 10.0 Å². The molecule has 1 fully saturated rings. The summed E-state index contributed by atoms with van der Waals surface area (Å²) in [6.45, 7) is 7.16. The molecule has 10 heteroatoms. The number of nitrogens with one attached hydrogen (secondary N) is 1. The smallest absolute Gasteiger partial charge is 0.255 e. The molecule has 1 aliphatic heterocycles. The fraction of sp³-hybridized carbons (Fsp3) is 0.417. The largest absolute Gasteiger partial charge is 0.495 e. The van der Waals surface area contributed by atoms with E-state index in [0.717, 1.165) is 13.1 Å². The summed E-state index contributed by atoms with van der Waals surface area (Å²) in [5, 5.41) is 2.76. The van der Waals surface area contributed by atoms with Crippen LogP contribution in [0.5, 0.6) is 5.75 Å². The van der Waals surface area contributed by atoms with E-state index in [4.69, 9.17) is 4.74 Å². The number of methoxy groups -OCH3 is 1. The van der Waals surface area contributed by atoms with Crippen LogP contribution in [0.15, 0.2) is 47.4 Å². The molecule has 0 bridgehead atoms. The molecule has 2 amide bonds. The minimum atomic E-state index is -3.82. The molecule has 0 unspecified atom stereocenters. The number of carbonyl (C=O) groups is 2. The fourth-order valence-electron chi connectivity index (χ4n) is 3.81. The van der Waals surface area contributed by atoms with Crippen molar-refractivity contribution in [1.82, 2.24) is 14.1 Å². The molecule has 0 aromatic heterocycles. The second kappa shape index (κ2) is 11.0. The summed E-state index contributed by atoms with van der Waals surface area (Å²) >= 11 is 0. The number of sulfonamides is 1. The summed E-state index contributed by atoms with van der Waals surface area (Å²) in [4.78, 5) is 29.5. The van der Waals surface area contributed by atoms with E-state index in [9.17, 15) is 18.0 Å². The Kier molecular flexibility index (Phi) is 8.29. The molecular formula is C24H32N4O5S. The molecule has 1 N–H and O–H groups in total. The molecule has 0 spiro atoms. The van der Waals surface area contributed by atoms with Crippen LogP contribution in [-0.4, -0.2) is 87.8 Å². The third-order valence-corrected chi connectivity index (χ3v) is 8.00. The quantitative estimate of drug-likeness (QED) is 0.613. The van der Waals surface area contributed by atoms with E-state index in [2.05, 4.69) is 10.2 Å². The Balaban J connectivity index is 1.76. The standard InChI is InChI=1S/C24H32N4O5S/c1-5-28(6-2)34(31,32)22-17-19(9-12-21(22)33-4)23(29)25-20-10-7-18(8-11-20)24(30)27-15-13-26(3)14-16-27/h7-12,17H,5-6,13-16H2,1-4H3,(H,25,29). The van der Waals surface area contributed by atoms with Gasteiger partial charge in [-0.2, -0.15) is 4.31 Å². The van der Waals surface area contributed by atoms with Crippen molar-refractivity contribution in [2.45, 2.75) is 18.7 Å². The van der Waals surface area contributed by atoms with E-state index < -0.39 is 15.9 Å². The van der Waals surface area contributed by atoms with Crippen molar-refractivity contribution >= 4 is 27.5 Å². The molecule has 0 atom stereocenters. The van der Waals surface area contributed by atoms with Crippen LogP contribution in [0.1, 0.15) is 34.6 Å². The van der Waals surface area contributed by atoms with Crippen molar-refractivity contribution in [3.63, 3.8) is 0 Å². The lowest BCUT2D eigenvalue weighted by atomic mass is 10.1. The SMILES string of the molecule is CCN(CC)S(=O)(=O)c1cc(C(=O)Nc2ccc(C(=O)N3CCN(C)CC3)cc2)ccc1OC. The van der Waals surface area contributed by atoms with Gasteiger partial charge in [-0.15, -0.1) is 0 Å². The Bertz CT molecular complexity index is 1120. The summed E-state index contributed by atoms with van der Waals surface area (Å²) < 4.78 is 32.6. The lowest BCUT2D eigenvalue weighted by Crippen LogP contribution is -2.47. The highest BCUT2D eigenvalue weighted by atomic mass is 32.2. The first-order chi connectivity index (χ1) is 16.2. The molecule has 2 aromatic carbocycles. The molecule has 0 saturated carbocycles. The number of piperazine rings is 1. The van der Waals surface area contributed by atoms with E-state index in [-0.39, 0.29) is 22.1 Å². The van der Waals surface area contributed by atoms with Crippen LogP contribution in [0.4, 0.5) is 5.69 Å². The van der Waals surface area contributed by atoms with E-state index in [0.29, 0.717) is 37.4 Å². The summed E-state index contributed by atoms with van der Waals surface area (Å²) in [6, 6.07) is 11.0. The normalized spacial score (nSPS) is 14.8. The maximum Gasteiger partial charge on any atom is 0.255 e. The fourth-order valence-corrected chi connectivity index (χ4v) is 5.45. The van der Waals surface area contributed by atoms with Crippen molar-refractivity contribution in [1.29, 1.82) is 0 Å². The van der Waals surface area contributed by atoms with Gasteiger partial charge in [0.05, 0.1) is 7.11 Å². The lowest BCUT2D eigenvalue weighted by molar-refractivity contribution is 0.0664. The Labute approximate surface area is 201 Å². The predicted molar refractivity (Wildman–Crippen MR) is 131 cm³/mol.